The molecule has 92 valence electrons. The number of likely N-dealkylation sites (N-methyl/N-ethyl adjacent to an activating group) is 1. The van der Waals surface area contributed by atoms with Crippen molar-refractivity contribution in [3.05, 3.63) is 0 Å². The average Bonchev–Trinajstić information content (AvgIpc) is 2.22. The standard InChI is InChI=1S/C13H30N2/c1-6-9-10-14-11-13(15(4)5)12(7-2)8-3/h12-14H,6-11H2,1-5H3. The molecule has 0 rings (SSSR count). The van der Waals surface area contributed by atoms with E-state index in [1.54, 1.807) is 0 Å². The van der Waals surface area contributed by atoms with Crippen molar-refractivity contribution in [1.82, 2.24) is 10.2 Å². The van der Waals surface area contributed by atoms with Gasteiger partial charge in [0.1, 0.15) is 0 Å². The molecule has 2 heteroatoms. The maximum Gasteiger partial charge on any atom is 0.0242 e. The molecule has 0 amide bonds. The highest BCUT2D eigenvalue weighted by molar-refractivity contribution is 4.76. The van der Waals surface area contributed by atoms with E-state index < -0.39 is 0 Å². The highest BCUT2D eigenvalue weighted by Crippen LogP contribution is 2.16. The third-order valence-electron chi connectivity index (χ3n) is 3.32. The maximum absolute atomic E-state index is 3.58. The van der Waals surface area contributed by atoms with E-state index in [1.807, 2.05) is 0 Å². The molecule has 1 unspecified atom stereocenters. The van der Waals surface area contributed by atoms with Crippen molar-refractivity contribution < 1.29 is 0 Å². The Bertz CT molecular complexity index is 130. The lowest BCUT2D eigenvalue weighted by atomic mass is 9.93. The Balaban J connectivity index is 3.92. The van der Waals surface area contributed by atoms with Crippen LogP contribution in [0.4, 0.5) is 0 Å². The molecule has 0 aromatic rings. The van der Waals surface area contributed by atoms with E-state index in [0.717, 1.165) is 12.5 Å². The summed E-state index contributed by atoms with van der Waals surface area (Å²) in [4.78, 5) is 2.37. The summed E-state index contributed by atoms with van der Waals surface area (Å²) in [6, 6.07) is 0.692. The van der Waals surface area contributed by atoms with Gasteiger partial charge >= 0.3 is 0 Å². The highest BCUT2D eigenvalue weighted by Gasteiger charge is 2.19. The highest BCUT2D eigenvalue weighted by atomic mass is 15.1. The molecule has 2 nitrogen and oxygen atoms in total. The fourth-order valence-corrected chi connectivity index (χ4v) is 2.16. The van der Waals surface area contributed by atoms with Crippen LogP contribution >= 0.6 is 0 Å². The summed E-state index contributed by atoms with van der Waals surface area (Å²) in [5.41, 5.74) is 0. The number of hydrogen-bond acceptors (Lipinski definition) is 2. The van der Waals surface area contributed by atoms with Crippen LogP contribution in [-0.2, 0) is 0 Å². The molecule has 0 aliphatic rings. The van der Waals surface area contributed by atoms with Crippen LogP contribution in [-0.4, -0.2) is 38.1 Å². The molecule has 0 spiro atoms. The van der Waals surface area contributed by atoms with Crippen LogP contribution in [0.15, 0.2) is 0 Å². The smallest absolute Gasteiger partial charge is 0.0242 e. The van der Waals surface area contributed by atoms with Crippen LogP contribution in [0.1, 0.15) is 46.5 Å². The van der Waals surface area contributed by atoms with Crippen molar-refractivity contribution in [3.63, 3.8) is 0 Å². The molecule has 1 N–H and O–H groups in total. The first-order valence-corrected chi connectivity index (χ1v) is 6.54. The molecule has 0 saturated heterocycles. The van der Waals surface area contributed by atoms with Crippen LogP contribution in [0.2, 0.25) is 0 Å². The summed E-state index contributed by atoms with van der Waals surface area (Å²) in [7, 11) is 4.40. The molecular formula is C13H30N2. The first-order valence-electron chi connectivity index (χ1n) is 6.54. The van der Waals surface area contributed by atoms with E-state index in [2.05, 4.69) is 45.1 Å². The zero-order chi connectivity index (χ0) is 11.7. The van der Waals surface area contributed by atoms with E-state index in [-0.39, 0.29) is 0 Å². The molecule has 0 aliphatic heterocycles. The zero-order valence-corrected chi connectivity index (χ0v) is 11.3. The second-order valence-electron chi connectivity index (χ2n) is 4.67. The molecule has 0 radical (unpaired) electrons. The van der Waals surface area contributed by atoms with Crippen LogP contribution in [0.5, 0.6) is 0 Å². The zero-order valence-electron chi connectivity index (χ0n) is 11.3. The van der Waals surface area contributed by atoms with Crippen LogP contribution in [0, 0.1) is 5.92 Å². The molecule has 0 fully saturated rings. The fraction of sp³-hybridized carbons (Fsp3) is 1.00. The Morgan fingerprint density at radius 3 is 2.07 bits per heavy atom. The Morgan fingerprint density at radius 1 is 1.07 bits per heavy atom. The Hall–Kier alpha value is -0.0800. The molecule has 0 aromatic carbocycles. The second-order valence-corrected chi connectivity index (χ2v) is 4.67. The third-order valence-corrected chi connectivity index (χ3v) is 3.32. The lowest BCUT2D eigenvalue weighted by Crippen LogP contribution is -2.43. The van der Waals surface area contributed by atoms with Gasteiger partial charge in [0.15, 0.2) is 0 Å². The van der Waals surface area contributed by atoms with Gasteiger partial charge in [-0.1, -0.05) is 40.0 Å². The van der Waals surface area contributed by atoms with Gasteiger partial charge in [-0.25, -0.2) is 0 Å². The summed E-state index contributed by atoms with van der Waals surface area (Å²) < 4.78 is 0. The van der Waals surface area contributed by atoms with E-state index >= 15 is 0 Å². The van der Waals surface area contributed by atoms with Crippen molar-refractivity contribution in [2.24, 2.45) is 5.92 Å². The molecule has 0 aliphatic carbocycles. The van der Waals surface area contributed by atoms with Gasteiger partial charge in [0.05, 0.1) is 0 Å². The van der Waals surface area contributed by atoms with Crippen molar-refractivity contribution in [2.45, 2.75) is 52.5 Å². The van der Waals surface area contributed by atoms with Crippen LogP contribution < -0.4 is 5.32 Å². The monoisotopic (exact) mass is 214 g/mol. The molecule has 0 bridgehead atoms. The number of rotatable bonds is 9. The maximum atomic E-state index is 3.58. The number of nitrogens with zero attached hydrogens (tertiary/aromatic N) is 1. The molecule has 0 aromatic heterocycles. The van der Waals surface area contributed by atoms with Gasteiger partial charge < -0.3 is 10.2 Å². The molecule has 0 saturated carbocycles. The summed E-state index contributed by atoms with van der Waals surface area (Å²) in [5.74, 6) is 0.828. The number of hydrogen-bond donors (Lipinski definition) is 1. The van der Waals surface area contributed by atoms with E-state index in [9.17, 15) is 0 Å². The largest absolute Gasteiger partial charge is 0.315 e. The van der Waals surface area contributed by atoms with E-state index in [0.29, 0.717) is 6.04 Å². The van der Waals surface area contributed by atoms with Crippen molar-refractivity contribution in [3.8, 4) is 0 Å². The van der Waals surface area contributed by atoms with Gasteiger partial charge in [-0.05, 0) is 33.0 Å². The summed E-state index contributed by atoms with van der Waals surface area (Å²) in [6.07, 6.45) is 5.15. The van der Waals surface area contributed by atoms with Crippen molar-refractivity contribution in [2.75, 3.05) is 27.2 Å². The average molecular weight is 214 g/mol. The minimum absolute atomic E-state index is 0.692. The molecular weight excluding hydrogens is 184 g/mol. The lowest BCUT2D eigenvalue weighted by molar-refractivity contribution is 0.194. The van der Waals surface area contributed by atoms with Crippen LogP contribution in [0.25, 0.3) is 0 Å². The van der Waals surface area contributed by atoms with Gasteiger partial charge in [-0.3, -0.25) is 0 Å². The summed E-state index contributed by atoms with van der Waals surface area (Å²) >= 11 is 0. The van der Waals surface area contributed by atoms with Gasteiger partial charge in [0, 0.05) is 12.6 Å². The quantitative estimate of drug-likeness (QED) is 0.594. The van der Waals surface area contributed by atoms with Gasteiger partial charge in [0.25, 0.3) is 0 Å². The Morgan fingerprint density at radius 2 is 1.67 bits per heavy atom. The Kier molecular flexibility index (Phi) is 9.12. The Labute approximate surface area is 96.4 Å². The van der Waals surface area contributed by atoms with Crippen molar-refractivity contribution in [1.29, 1.82) is 0 Å². The van der Waals surface area contributed by atoms with E-state index in [1.165, 1.54) is 32.2 Å². The minimum atomic E-state index is 0.692. The first-order chi connectivity index (χ1) is 7.17. The van der Waals surface area contributed by atoms with Crippen LogP contribution in [0.3, 0.4) is 0 Å². The third kappa shape index (κ3) is 6.16. The predicted octanol–water partition coefficient (Wildman–Crippen LogP) is 2.74. The second kappa shape index (κ2) is 9.17. The number of unbranched alkanes of at least 4 members (excludes halogenated alkanes) is 1. The SMILES string of the molecule is CCCCNCC(C(CC)CC)N(C)C. The lowest BCUT2D eigenvalue weighted by Gasteiger charge is -2.31. The first kappa shape index (κ1) is 14.9. The van der Waals surface area contributed by atoms with E-state index in [4.69, 9.17) is 0 Å². The van der Waals surface area contributed by atoms with Gasteiger partial charge in [-0.15, -0.1) is 0 Å². The topological polar surface area (TPSA) is 15.3 Å². The number of nitrogens with one attached hydrogen (secondary N) is 1. The molecule has 15 heavy (non-hydrogen) atoms. The summed E-state index contributed by atoms with van der Waals surface area (Å²) in [5, 5.41) is 3.58. The summed E-state index contributed by atoms with van der Waals surface area (Å²) in [6.45, 7) is 9.15. The molecule has 1 atom stereocenters. The van der Waals surface area contributed by atoms with Gasteiger partial charge in [0.2, 0.25) is 0 Å². The van der Waals surface area contributed by atoms with Gasteiger partial charge in [-0.2, -0.15) is 0 Å². The minimum Gasteiger partial charge on any atom is -0.315 e. The fourth-order valence-electron chi connectivity index (χ4n) is 2.16. The van der Waals surface area contributed by atoms with Crippen molar-refractivity contribution >= 4 is 0 Å². The molecule has 0 heterocycles. The normalized spacial score (nSPS) is 13.8. The predicted molar refractivity (Wildman–Crippen MR) is 69.3 cm³/mol.